The van der Waals surface area contributed by atoms with Crippen molar-refractivity contribution >= 4 is 0 Å². The van der Waals surface area contributed by atoms with Gasteiger partial charge in [0.1, 0.15) is 0 Å². The minimum atomic E-state index is -0.369. The Morgan fingerprint density at radius 1 is 0.545 bits per heavy atom. The lowest BCUT2D eigenvalue weighted by molar-refractivity contribution is 0.152. The topological polar surface area (TPSA) is 67.3 Å². The summed E-state index contributed by atoms with van der Waals surface area (Å²) in [6.45, 7) is 5.39. The van der Waals surface area contributed by atoms with Gasteiger partial charge in [0, 0.05) is 6.54 Å². The molecule has 3 aromatic rings. The van der Waals surface area contributed by atoms with Crippen LogP contribution in [0.1, 0.15) is 42.4 Å². The molecule has 0 heterocycles. The molecule has 0 aliphatic carbocycles. The van der Waals surface area contributed by atoms with Gasteiger partial charge in [-0.1, -0.05) is 91.0 Å². The summed E-state index contributed by atoms with van der Waals surface area (Å²) in [4.78, 5) is 2.65. The van der Waals surface area contributed by atoms with Crippen molar-refractivity contribution < 1.29 is 0 Å². The number of nitrogens with one attached hydrogen (secondary N) is 1. The number of rotatable bonds is 15. The quantitative estimate of drug-likeness (QED) is 0.241. The molecule has 0 saturated carbocycles. The summed E-state index contributed by atoms with van der Waals surface area (Å²) >= 11 is 0. The molecule has 0 fully saturated rings. The van der Waals surface area contributed by atoms with Crippen LogP contribution in [0.25, 0.3) is 0 Å². The highest BCUT2D eigenvalue weighted by atomic mass is 15.2. The average molecular weight is 445 g/mol. The Balaban J connectivity index is 2.01. The van der Waals surface area contributed by atoms with E-state index in [1.54, 1.807) is 0 Å². The van der Waals surface area contributed by atoms with E-state index in [2.05, 4.69) is 101 Å². The maximum absolute atomic E-state index is 6.01. The van der Waals surface area contributed by atoms with Crippen LogP contribution in [-0.4, -0.2) is 44.2 Å². The van der Waals surface area contributed by atoms with Crippen molar-refractivity contribution in [3.8, 4) is 0 Å². The molecule has 0 unspecified atom stereocenters. The fourth-order valence-electron chi connectivity index (χ4n) is 4.72. The first-order valence-electron chi connectivity index (χ1n) is 12.4. The zero-order chi connectivity index (χ0) is 23.2. The van der Waals surface area contributed by atoms with Crippen LogP contribution in [0.5, 0.6) is 0 Å². The molecular formula is C29H40N4. The summed E-state index contributed by atoms with van der Waals surface area (Å²) in [5.41, 5.74) is 15.1. The first-order valence-corrected chi connectivity index (χ1v) is 12.4. The Morgan fingerprint density at radius 3 is 1.42 bits per heavy atom. The highest BCUT2D eigenvalue weighted by Gasteiger charge is 2.41. The van der Waals surface area contributed by atoms with Crippen molar-refractivity contribution in [2.24, 2.45) is 11.5 Å². The molecule has 4 heteroatoms. The second kappa shape index (κ2) is 13.9. The zero-order valence-corrected chi connectivity index (χ0v) is 19.8. The van der Waals surface area contributed by atoms with Gasteiger partial charge in [-0.05, 0) is 75.1 Å². The van der Waals surface area contributed by atoms with Gasteiger partial charge in [0.05, 0.1) is 5.54 Å². The Hall–Kier alpha value is -2.50. The number of hydrogen-bond acceptors (Lipinski definition) is 4. The van der Waals surface area contributed by atoms with Crippen LogP contribution >= 0.6 is 0 Å². The van der Waals surface area contributed by atoms with Crippen LogP contribution in [0.2, 0.25) is 0 Å². The van der Waals surface area contributed by atoms with Crippen molar-refractivity contribution in [3.63, 3.8) is 0 Å². The van der Waals surface area contributed by atoms with Crippen molar-refractivity contribution in [2.75, 3.05) is 39.3 Å². The molecule has 5 N–H and O–H groups in total. The number of nitrogens with zero attached hydrogens (tertiary/aromatic N) is 1. The lowest BCUT2D eigenvalue weighted by atomic mass is 9.75. The van der Waals surface area contributed by atoms with E-state index in [0.29, 0.717) is 6.54 Å². The zero-order valence-electron chi connectivity index (χ0n) is 19.8. The highest BCUT2D eigenvalue weighted by molar-refractivity contribution is 5.49. The lowest BCUT2D eigenvalue weighted by Gasteiger charge is -2.46. The van der Waals surface area contributed by atoms with Crippen LogP contribution in [0.4, 0.5) is 0 Å². The summed E-state index contributed by atoms with van der Waals surface area (Å²) in [6.07, 6.45) is 4.25. The molecule has 0 bridgehead atoms. The van der Waals surface area contributed by atoms with Crippen LogP contribution in [-0.2, 0) is 5.54 Å². The first kappa shape index (κ1) is 25.1. The molecule has 0 saturated heterocycles. The minimum Gasteiger partial charge on any atom is -0.330 e. The van der Waals surface area contributed by atoms with Crippen molar-refractivity contribution in [1.82, 2.24) is 10.2 Å². The third-order valence-corrected chi connectivity index (χ3v) is 6.27. The average Bonchev–Trinajstić information content (AvgIpc) is 2.88. The Morgan fingerprint density at radius 2 is 0.970 bits per heavy atom. The third-order valence-electron chi connectivity index (χ3n) is 6.27. The van der Waals surface area contributed by atoms with Crippen LogP contribution in [0.15, 0.2) is 91.0 Å². The maximum Gasteiger partial charge on any atom is 0.0972 e. The van der Waals surface area contributed by atoms with Gasteiger partial charge in [-0.3, -0.25) is 4.90 Å². The molecule has 3 aromatic carbocycles. The molecule has 0 aliphatic heterocycles. The second-order valence-electron chi connectivity index (χ2n) is 8.54. The number of unbranched alkanes of at least 4 members (excludes halogenated alkanes) is 1. The van der Waals surface area contributed by atoms with Gasteiger partial charge >= 0.3 is 0 Å². The number of benzene rings is 3. The largest absolute Gasteiger partial charge is 0.330 e. The number of nitrogens with two attached hydrogens (primary N) is 2. The van der Waals surface area contributed by atoms with Crippen molar-refractivity contribution in [2.45, 2.75) is 31.2 Å². The fraction of sp³-hybridized carbons (Fsp3) is 0.379. The molecule has 0 atom stereocenters. The van der Waals surface area contributed by atoms with Crippen LogP contribution < -0.4 is 16.8 Å². The molecule has 0 aliphatic rings. The van der Waals surface area contributed by atoms with Crippen molar-refractivity contribution in [3.05, 3.63) is 108 Å². The Labute approximate surface area is 200 Å². The van der Waals surface area contributed by atoms with Gasteiger partial charge in [0.25, 0.3) is 0 Å². The van der Waals surface area contributed by atoms with Gasteiger partial charge in [-0.2, -0.15) is 0 Å². The predicted octanol–water partition coefficient (Wildman–Crippen LogP) is 4.35. The summed E-state index contributed by atoms with van der Waals surface area (Å²) in [6, 6.07) is 32.8. The fourth-order valence-corrected chi connectivity index (χ4v) is 4.72. The molecule has 176 valence electrons. The van der Waals surface area contributed by atoms with Crippen LogP contribution in [0, 0.1) is 0 Å². The van der Waals surface area contributed by atoms with E-state index in [1.807, 2.05) is 0 Å². The predicted molar refractivity (Wildman–Crippen MR) is 140 cm³/mol. The minimum absolute atomic E-state index is 0.369. The van der Waals surface area contributed by atoms with Gasteiger partial charge in [0.2, 0.25) is 0 Å². The monoisotopic (exact) mass is 444 g/mol. The molecule has 0 aromatic heterocycles. The third kappa shape index (κ3) is 6.52. The van der Waals surface area contributed by atoms with Gasteiger partial charge in [-0.15, -0.1) is 0 Å². The Kier molecular flexibility index (Phi) is 10.6. The molecule has 0 amide bonds. The van der Waals surface area contributed by atoms with Gasteiger partial charge in [0.15, 0.2) is 0 Å². The summed E-state index contributed by atoms with van der Waals surface area (Å²) < 4.78 is 0. The van der Waals surface area contributed by atoms with E-state index >= 15 is 0 Å². The molecule has 0 radical (unpaired) electrons. The first-order chi connectivity index (χ1) is 16.3. The molecular weight excluding hydrogens is 404 g/mol. The summed E-state index contributed by atoms with van der Waals surface area (Å²) in [7, 11) is 0. The van der Waals surface area contributed by atoms with E-state index in [1.165, 1.54) is 16.7 Å². The smallest absolute Gasteiger partial charge is 0.0972 e. The SMILES string of the molecule is NCCCNCCCCN(CCCN)C(c1ccccc1)(c1ccccc1)c1ccccc1. The van der Waals surface area contributed by atoms with Gasteiger partial charge in [-0.25, -0.2) is 0 Å². The van der Waals surface area contributed by atoms with Crippen molar-refractivity contribution in [1.29, 1.82) is 0 Å². The lowest BCUT2D eigenvalue weighted by Crippen LogP contribution is -2.49. The van der Waals surface area contributed by atoms with E-state index in [0.717, 1.165) is 58.4 Å². The normalized spacial score (nSPS) is 11.7. The van der Waals surface area contributed by atoms with Crippen LogP contribution in [0.3, 0.4) is 0 Å². The molecule has 33 heavy (non-hydrogen) atoms. The van der Waals surface area contributed by atoms with E-state index in [-0.39, 0.29) is 5.54 Å². The van der Waals surface area contributed by atoms with Gasteiger partial charge < -0.3 is 16.8 Å². The Bertz CT molecular complexity index is 787. The summed E-state index contributed by atoms with van der Waals surface area (Å²) in [5.74, 6) is 0. The second-order valence-corrected chi connectivity index (χ2v) is 8.54. The summed E-state index contributed by atoms with van der Waals surface area (Å²) in [5, 5.41) is 3.52. The maximum atomic E-state index is 6.01. The standard InChI is InChI=1S/C29H40N4/c30-20-12-23-32-22-10-11-24-33(25-13-21-31)29(26-14-4-1-5-15-26,27-16-6-2-7-17-27)28-18-8-3-9-19-28/h1-9,14-19,32H,10-13,20-25,30-31H2. The van der Waals surface area contributed by atoms with E-state index in [4.69, 9.17) is 11.5 Å². The molecule has 0 spiro atoms. The highest BCUT2D eigenvalue weighted by Crippen LogP contribution is 2.42. The van der Waals surface area contributed by atoms with E-state index in [9.17, 15) is 0 Å². The number of hydrogen-bond donors (Lipinski definition) is 3. The molecule has 4 nitrogen and oxygen atoms in total. The molecule has 3 rings (SSSR count). The van der Waals surface area contributed by atoms with E-state index < -0.39 is 0 Å².